The van der Waals surface area contributed by atoms with Gasteiger partial charge in [0.1, 0.15) is 0 Å². The molecule has 0 bridgehead atoms. The minimum atomic E-state index is -0.769. The van der Waals surface area contributed by atoms with Gasteiger partial charge >= 0.3 is 0 Å². The Bertz CT molecular complexity index is 374. The van der Waals surface area contributed by atoms with E-state index in [9.17, 15) is 8.78 Å². The van der Waals surface area contributed by atoms with Gasteiger partial charge in [-0.05, 0) is 43.0 Å². The molecule has 1 aliphatic rings. The molecule has 3 heteroatoms. The topological polar surface area (TPSA) is 12.0 Å². The van der Waals surface area contributed by atoms with Crippen molar-refractivity contribution in [2.24, 2.45) is 5.92 Å². The Balaban J connectivity index is 2.08. The van der Waals surface area contributed by atoms with Gasteiger partial charge in [0.25, 0.3) is 0 Å². The molecule has 1 fully saturated rings. The van der Waals surface area contributed by atoms with E-state index in [1.165, 1.54) is 25.0 Å². The second-order valence-electron chi connectivity index (χ2n) is 4.86. The molecule has 94 valence electrons. The van der Waals surface area contributed by atoms with Crippen LogP contribution in [0.15, 0.2) is 18.2 Å². The third kappa shape index (κ3) is 3.50. The number of hydrogen-bond donors (Lipinski definition) is 1. The van der Waals surface area contributed by atoms with Gasteiger partial charge in [-0.25, -0.2) is 8.78 Å². The standard InChI is InChI=1S/C14H19F2N/c1-2-7-17-14(8-10-3-4-10)11-5-6-12(15)13(16)9-11/h5-6,9-10,14,17H,2-4,7-8H2,1H3. The number of nitrogens with one attached hydrogen (secondary N) is 1. The Hall–Kier alpha value is -0.960. The lowest BCUT2D eigenvalue weighted by Gasteiger charge is -2.19. The first-order valence-corrected chi connectivity index (χ1v) is 6.39. The average molecular weight is 239 g/mol. The first-order chi connectivity index (χ1) is 8.20. The molecule has 0 aromatic heterocycles. The first kappa shape index (κ1) is 12.5. The molecule has 1 nitrogen and oxygen atoms in total. The third-order valence-corrected chi connectivity index (χ3v) is 3.25. The highest BCUT2D eigenvalue weighted by molar-refractivity contribution is 5.21. The van der Waals surface area contributed by atoms with Crippen molar-refractivity contribution in [3.05, 3.63) is 35.4 Å². The molecule has 1 atom stereocenters. The SMILES string of the molecule is CCCNC(CC1CC1)c1ccc(F)c(F)c1. The summed E-state index contributed by atoms with van der Waals surface area (Å²) in [6.07, 6.45) is 4.62. The molecule has 0 amide bonds. The van der Waals surface area contributed by atoms with Crippen LogP contribution in [-0.2, 0) is 0 Å². The van der Waals surface area contributed by atoms with E-state index in [4.69, 9.17) is 0 Å². The van der Waals surface area contributed by atoms with Crippen molar-refractivity contribution >= 4 is 0 Å². The molecular formula is C14H19F2N. The summed E-state index contributed by atoms with van der Waals surface area (Å²) in [5.41, 5.74) is 0.865. The zero-order valence-electron chi connectivity index (χ0n) is 10.2. The number of hydrogen-bond acceptors (Lipinski definition) is 1. The predicted molar refractivity (Wildman–Crippen MR) is 64.7 cm³/mol. The van der Waals surface area contributed by atoms with Gasteiger partial charge in [0, 0.05) is 6.04 Å². The van der Waals surface area contributed by atoms with Crippen molar-refractivity contribution in [2.75, 3.05) is 6.54 Å². The van der Waals surface area contributed by atoms with E-state index in [2.05, 4.69) is 12.2 Å². The van der Waals surface area contributed by atoms with Crippen LogP contribution in [0, 0.1) is 17.6 Å². The van der Waals surface area contributed by atoms with E-state index in [0.717, 1.165) is 30.9 Å². The summed E-state index contributed by atoms with van der Waals surface area (Å²) in [7, 11) is 0. The normalized spacial score (nSPS) is 17.1. The molecule has 0 saturated heterocycles. The Morgan fingerprint density at radius 3 is 2.65 bits per heavy atom. The van der Waals surface area contributed by atoms with E-state index in [1.807, 2.05) is 0 Å². The maximum Gasteiger partial charge on any atom is 0.159 e. The predicted octanol–water partition coefficient (Wildman–Crippen LogP) is 3.81. The molecule has 0 heterocycles. The number of benzene rings is 1. The molecule has 0 aliphatic heterocycles. The van der Waals surface area contributed by atoms with Gasteiger partial charge in [0.05, 0.1) is 0 Å². The smallest absolute Gasteiger partial charge is 0.159 e. The maximum atomic E-state index is 13.2. The van der Waals surface area contributed by atoms with Crippen LogP contribution in [0.4, 0.5) is 8.78 Å². The fourth-order valence-electron chi connectivity index (χ4n) is 2.07. The van der Waals surface area contributed by atoms with E-state index < -0.39 is 11.6 Å². The van der Waals surface area contributed by atoms with Gasteiger partial charge in [-0.3, -0.25) is 0 Å². The number of halogens is 2. The highest BCUT2D eigenvalue weighted by Gasteiger charge is 2.26. The lowest BCUT2D eigenvalue weighted by Crippen LogP contribution is -2.22. The molecule has 0 spiro atoms. The average Bonchev–Trinajstić information content (AvgIpc) is 3.12. The largest absolute Gasteiger partial charge is 0.310 e. The third-order valence-electron chi connectivity index (χ3n) is 3.25. The molecule has 1 aromatic rings. The Morgan fingerprint density at radius 1 is 1.29 bits per heavy atom. The Kier molecular flexibility index (Phi) is 4.11. The van der Waals surface area contributed by atoms with E-state index in [1.54, 1.807) is 6.07 Å². The van der Waals surface area contributed by atoms with Crippen molar-refractivity contribution in [3.63, 3.8) is 0 Å². The van der Waals surface area contributed by atoms with Crippen LogP contribution in [0.2, 0.25) is 0 Å². The van der Waals surface area contributed by atoms with Crippen molar-refractivity contribution in [3.8, 4) is 0 Å². The van der Waals surface area contributed by atoms with Gasteiger partial charge in [0.15, 0.2) is 11.6 Å². The van der Waals surface area contributed by atoms with Gasteiger partial charge in [-0.15, -0.1) is 0 Å². The van der Waals surface area contributed by atoms with Gasteiger partial charge in [-0.1, -0.05) is 25.8 Å². The fraction of sp³-hybridized carbons (Fsp3) is 0.571. The van der Waals surface area contributed by atoms with Crippen molar-refractivity contribution in [1.82, 2.24) is 5.32 Å². The van der Waals surface area contributed by atoms with Crippen LogP contribution in [-0.4, -0.2) is 6.54 Å². The summed E-state index contributed by atoms with van der Waals surface area (Å²) < 4.78 is 26.1. The van der Waals surface area contributed by atoms with Gasteiger partial charge in [-0.2, -0.15) is 0 Å². The summed E-state index contributed by atoms with van der Waals surface area (Å²) in [5.74, 6) is -0.756. The van der Waals surface area contributed by atoms with Gasteiger partial charge < -0.3 is 5.32 Å². The zero-order chi connectivity index (χ0) is 12.3. The van der Waals surface area contributed by atoms with Crippen molar-refractivity contribution in [2.45, 2.75) is 38.6 Å². The van der Waals surface area contributed by atoms with Crippen molar-refractivity contribution in [1.29, 1.82) is 0 Å². The Labute approximate surface area is 101 Å². The molecule has 1 saturated carbocycles. The molecule has 1 aliphatic carbocycles. The van der Waals surface area contributed by atoms with Crippen LogP contribution in [0.3, 0.4) is 0 Å². The summed E-state index contributed by atoms with van der Waals surface area (Å²) in [5, 5.41) is 3.41. The minimum absolute atomic E-state index is 0.164. The molecule has 1 unspecified atom stereocenters. The van der Waals surface area contributed by atoms with E-state index >= 15 is 0 Å². The van der Waals surface area contributed by atoms with Crippen LogP contribution in [0.5, 0.6) is 0 Å². The minimum Gasteiger partial charge on any atom is -0.310 e. The lowest BCUT2D eigenvalue weighted by molar-refractivity contribution is 0.463. The van der Waals surface area contributed by atoms with E-state index in [0.29, 0.717) is 0 Å². The summed E-state index contributed by atoms with van der Waals surface area (Å²) in [6.45, 7) is 3.02. The zero-order valence-corrected chi connectivity index (χ0v) is 10.2. The maximum absolute atomic E-state index is 13.2. The monoisotopic (exact) mass is 239 g/mol. The van der Waals surface area contributed by atoms with Crippen LogP contribution < -0.4 is 5.32 Å². The summed E-state index contributed by atoms with van der Waals surface area (Å²) >= 11 is 0. The highest BCUT2D eigenvalue weighted by Crippen LogP contribution is 2.37. The molecule has 1 N–H and O–H groups in total. The second-order valence-corrected chi connectivity index (χ2v) is 4.86. The van der Waals surface area contributed by atoms with Crippen molar-refractivity contribution < 1.29 is 8.78 Å². The summed E-state index contributed by atoms with van der Waals surface area (Å²) in [6, 6.07) is 4.40. The summed E-state index contributed by atoms with van der Waals surface area (Å²) in [4.78, 5) is 0. The molecule has 1 aromatic carbocycles. The quantitative estimate of drug-likeness (QED) is 0.796. The van der Waals surface area contributed by atoms with Crippen LogP contribution in [0.25, 0.3) is 0 Å². The first-order valence-electron chi connectivity index (χ1n) is 6.39. The van der Waals surface area contributed by atoms with Crippen LogP contribution in [0.1, 0.15) is 44.2 Å². The molecule has 0 radical (unpaired) electrons. The fourth-order valence-corrected chi connectivity index (χ4v) is 2.07. The Morgan fingerprint density at radius 2 is 2.06 bits per heavy atom. The van der Waals surface area contributed by atoms with E-state index in [-0.39, 0.29) is 6.04 Å². The lowest BCUT2D eigenvalue weighted by atomic mass is 10.0. The highest BCUT2D eigenvalue weighted by atomic mass is 19.2. The second kappa shape index (κ2) is 5.58. The molecule has 17 heavy (non-hydrogen) atoms. The molecular weight excluding hydrogens is 220 g/mol. The van der Waals surface area contributed by atoms with Gasteiger partial charge in [0.2, 0.25) is 0 Å². The van der Waals surface area contributed by atoms with Crippen LogP contribution >= 0.6 is 0 Å². The molecule has 2 rings (SSSR count). The number of rotatable bonds is 6.